The first-order valence-corrected chi connectivity index (χ1v) is 14.6. The highest BCUT2D eigenvalue weighted by atomic mass is 19.3. The molecule has 3 unspecified atom stereocenters. The number of nitrogens with one attached hydrogen (secondary N) is 3. The Bertz CT molecular complexity index is 1730. The first-order valence-electron chi connectivity index (χ1n) is 14.6. The molecule has 0 radical (unpaired) electrons. The van der Waals surface area contributed by atoms with E-state index in [1.807, 2.05) is 12.1 Å². The van der Waals surface area contributed by atoms with Gasteiger partial charge in [-0.25, -0.2) is 9.78 Å². The fraction of sp³-hybridized carbons (Fsp3) is 0.367. The van der Waals surface area contributed by atoms with Crippen LogP contribution < -0.4 is 27.4 Å². The number of halogens is 2. The van der Waals surface area contributed by atoms with E-state index in [-0.39, 0.29) is 30.9 Å². The molecule has 7 N–H and O–H groups in total. The number of carbonyl (C=O) groups is 3. The Hall–Kier alpha value is -5.13. The van der Waals surface area contributed by atoms with Crippen molar-refractivity contribution in [3.05, 3.63) is 82.6 Å². The molecule has 3 aromatic rings. The summed E-state index contributed by atoms with van der Waals surface area (Å²) in [7, 11) is 0. The summed E-state index contributed by atoms with van der Waals surface area (Å²) in [5.74, 6) is -5.40. The fourth-order valence-corrected chi connectivity index (χ4v) is 4.92. The van der Waals surface area contributed by atoms with E-state index in [4.69, 9.17) is 15.6 Å². The second-order valence-electron chi connectivity index (χ2n) is 10.9. The van der Waals surface area contributed by atoms with Crippen LogP contribution in [0.15, 0.2) is 59.9 Å². The lowest BCUT2D eigenvalue weighted by Crippen LogP contribution is -2.41. The Kier molecular flexibility index (Phi) is 9.97. The Morgan fingerprint density at radius 1 is 1.09 bits per heavy atom. The quantitative estimate of drug-likeness (QED) is 0.161. The predicted molar refractivity (Wildman–Crippen MR) is 161 cm³/mol. The van der Waals surface area contributed by atoms with Crippen molar-refractivity contribution in [2.24, 2.45) is 11.7 Å². The maximum Gasteiger partial charge on any atom is 0.351 e. The van der Waals surface area contributed by atoms with Crippen molar-refractivity contribution in [2.45, 2.75) is 56.6 Å². The Morgan fingerprint density at radius 3 is 2.47 bits per heavy atom. The molecule has 3 heterocycles. The second kappa shape index (κ2) is 14.1. The molecule has 1 aliphatic heterocycles. The van der Waals surface area contributed by atoms with Gasteiger partial charge in [-0.2, -0.15) is 13.8 Å². The van der Waals surface area contributed by atoms with Gasteiger partial charge < -0.3 is 36.6 Å². The normalized spacial score (nSPS) is 20.4. The average molecular weight is 655 g/mol. The molecule has 2 aromatic heterocycles. The standard InChI is InChI=1S/C30H32F2N8O7/c31-30(32)26(44)22(15-41)47-28(30)40-10-9-23(39-29(40)46)38-25(43)8-7-24(42)36-13-17-12-35-21(14-34-17)27(45)37-20-4-2-1-3-18(20)19(11-33)16-5-6-16/h1-4,9-12,14,16,22,26,28,41,44H,5-8,13,15,33H2,(H,36,42)(H,37,45)(H,38,39,43,46)/b19-11-. The number of nitrogens with two attached hydrogens (primary N) is 1. The van der Waals surface area contributed by atoms with Crippen molar-refractivity contribution in [2.75, 3.05) is 17.2 Å². The van der Waals surface area contributed by atoms with E-state index in [0.29, 0.717) is 21.9 Å². The Balaban J connectivity index is 1.07. The highest BCUT2D eigenvalue weighted by molar-refractivity contribution is 6.04. The molecule has 2 aliphatic rings. The molecule has 1 aliphatic carbocycles. The van der Waals surface area contributed by atoms with Gasteiger partial charge in [0.2, 0.25) is 18.0 Å². The number of hydrogen-bond donors (Lipinski definition) is 6. The van der Waals surface area contributed by atoms with Crippen molar-refractivity contribution in [1.29, 1.82) is 0 Å². The van der Waals surface area contributed by atoms with E-state index < -0.39 is 54.4 Å². The molecule has 15 nitrogen and oxygen atoms in total. The number of ether oxygens (including phenoxy) is 1. The van der Waals surface area contributed by atoms with Crippen LogP contribution in [-0.2, 0) is 20.9 Å². The summed E-state index contributed by atoms with van der Waals surface area (Å²) in [6.45, 7) is -0.912. The summed E-state index contributed by atoms with van der Waals surface area (Å²) in [5, 5.41) is 26.5. The molecule has 248 valence electrons. The molecule has 17 heteroatoms. The summed E-state index contributed by atoms with van der Waals surface area (Å²) < 4.78 is 34.0. The number of anilines is 2. The van der Waals surface area contributed by atoms with Crippen LogP contribution in [0.5, 0.6) is 0 Å². The van der Waals surface area contributed by atoms with E-state index >= 15 is 0 Å². The number of nitrogens with zero attached hydrogens (tertiary/aromatic N) is 4. The minimum Gasteiger partial charge on any atom is -0.404 e. The number of allylic oxidation sites excluding steroid dienone is 1. The van der Waals surface area contributed by atoms with Gasteiger partial charge >= 0.3 is 11.6 Å². The number of benzene rings is 1. The highest BCUT2D eigenvalue weighted by Gasteiger charge is 2.59. The van der Waals surface area contributed by atoms with Gasteiger partial charge in [0.15, 0.2) is 6.10 Å². The molecule has 0 spiro atoms. The molecule has 2 fully saturated rings. The number of aromatic nitrogens is 4. The SMILES string of the molecule is N/C=C(\c1ccccc1NC(=O)c1cnc(CNC(=O)CCC(=O)Nc2ccn(C3OC(CO)C(O)C3(F)F)c(=O)n2)cn1)C1CC1. The van der Waals surface area contributed by atoms with Gasteiger partial charge in [0.05, 0.1) is 31.2 Å². The summed E-state index contributed by atoms with van der Waals surface area (Å²) in [5.41, 5.74) is 7.48. The van der Waals surface area contributed by atoms with Crippen LogP contribution in [0.1, 0.15) is 53.7 Å². The Labute approximate surface area is 265 Å². The number of alkyl halides is 2. The number of carbonyl (C=O) groups excluding carboxylic acids is 3. The predicted octanol–water partition coefficient (Wildman–Crippen LogP) is 0.916. The third kappa shape index (κ3) is 7.65. The molecule has 3 atom stereocenters. The van der Waals surface area contributed by atoms with Crippen LogP contribution in [-0.4, -0.2) is 72.2 Å². The molecular weight excluding hydrogens is 622 g/mol. The van der Waals surface area contributed by atoms with Crippen LogP contribution in [0.25, 0.3) is 5.57 Å². The molecule has 5 rings (SSSR count). The molecule has 47 heavy (non-hydrogen) atoms. The van der Waals surface area contributed by atoms with Crippen molar-refractivity contribution < 1.29 is 38.1 Å². The number of hydrogen-bond acceptors (Lipinski definition) is 11. The Morgan fingerprint density at radius 2 is 1.83 bits per heavy atom. The van der Waals surface area contributed by atoms with Gasteiger partial charge in [0.1, 0.15) is 17.6 Å². The number of aliphatic hydroxyl groups excluding tert-OH is 2. The highest BCUT2D eigenvalue weighted by Crippen LogP contribution is 2.43. The number of amides is 3. The summed E-state index contributed by atoms with van der Waals surface area (Å²) in [4.78, 5) is 61.6. The number of rotatable bonds is 12. The van der Waals surface area contributed by atoms with Gasteiger partial charge in [-0.15, -0.1) is 0 Å². The molecule has 0 bridgehead atoms. The largest absolute Gasteiger partial charge is 0.404 e. The van der Waals surface area contributed by atoms with Gasteiger partial charge in [-0.05, 0) is 42.7 Å². The van der Waals surface area contributed by atoms with Gasteiger partial charge in [0, 0.05) is 30.3 Å². The van der Waals surface area contributed by atoms with Gasteiger partial charge in [0.25, 0.3) is 5.91 Å². The minimum atomic E-state index is -3.88. The number of aliphatic hydroxyl groups is 2. The third-order valence-electron chi connectivity index (χ3n) is 7.58. The van der Waals surface area contributed by atoms with Crippen LogP contribution in [0, 0.1) is 5.92 Å². The van der Waals surface area contributed by atoms with Crippen molar-refractivity contribution in [3.63, 3.8) is 0 Å². The van der Waals surface area contributed by atoms with Crippen molar-refractivity contribution in [1.82, 2.24) is 24.8 Å². The van der Waals surface area contributed by atoms with E-state index in [9.17, 15) is 33.1 Å². The molecule has 1 aromatic carbocycles. The topological polar surface area (TPSA) is 224 Å². The monoisotopic (exact) mass is 654 g/mol. The van der Waals surface area contributed by atoms with E-state index in [0.717, 1.165) is 36.2 Å². The summed E-state index contributed by atoms with van der Waals surface area (Å²) >= 11 is 0. The summed E-state index contributed by atoms with van der Waals surface area (Å²) in [6, 6.07) is 8.41. The summed E-state index contributed by atoms with van der Waals surface area (Å²) in [6.07, 6.45) is 0.516. The van der Waals surface area contributed by atoms with Crippen LogP contribution in [0.3, 0.4) is 0 Å². The zero-order valence-corrected chi connectivity index (χ0v) is 24.8. The smallest absolute Gasteiger partial charge is 0.351 e. The van der Waals surface area contributed by atoms with E-state index in [1.165, 1.54) is 12.4 Å². The van der Waals surface area contributed by atoms with E-state index in [2.05, 4.69) is 30.9 Å². The molecule has 1 saturated heterocycles. The zero-order valence-electron chi connectivity index (χ0n) is 24.8. The van der Waals surface area contributed by atoms with Gasteiger partial charge in [-0.3, -0.25) is 23.9 Å². The third-order valence-corrected chi connectivity index (χ3v) is 7.58. The molecule has 1 saturated carbocycles. The minimum absolute atomic E-state index is 0.0241. The van der Waals surface area contributed by atoms with Crippen LogP contribution in [0.4, 0.5) is 20.3 Å². The molecular formula is C30H32F2N8O7. The van der Waals surface area contributed by atoms with Crippen LogP contribution in [0.2, 0.25) is 0 Å². The lowest BCUT2D eigenvalue weighted by molar-refractivity contribution is -0.141. The van der Waals surface area contributed by atoms with Crippen molar-refractivity contribution in [3.8, 4) is 0 Å². The van der Waals surface area contributed by atoms with Crippen LogP contribution >= 0.6 is 0 Å². The zero-order chi connectivity index (χ0) is 33.7. The first-order chi connectivity index (χ1) is 22.5. The van der Waals surface area contributed by atoms with Gasteiger partial charge in [-0.1, -0.05) is 18.2 Å². The first kappa shape index (κ1) is 33.2. The fourth-order valence-electron chi connectivity index (χ4n) is 4.92. The van der Waals surface area contributed by atoms with Crippen molar-refractivity contribution >= 4 is 34.8 Å². The second-order valence-corrected chi connectivity index (χ2v) is 10.9. The maximum atomic E-state index is 14.3. The lowest BCUT2D eigenvalue weighted by Gasteiger charge is -2.21. The molecule has 3 amide bonds. The van der Waals surface area contributed by atoms with E-state index in [1.54, 1.807) is 18.3 Å². The average Bonchev–Trinajstić information content (AvgIpc) is 3.87. The lowest BCUT2D eigenvalue weighted by atomic mass is 10.0. The maximum absolute atomic E-state index is 14.3. The number of para-hydroxylation sites is 1.